The van der Waals surface area contributed by atoms with Gasteiger partial charge in [-0.25, -0.2) is 0 Å². The van der Waals surface area contributed by atoms with Gasteiger partial charge in [0.15, 0.2) is 0 Å². The van der Waals surface area contributed by atoms with Crippen LogP contribution in [0, 0.1) is 0 Å². The number of likely N-dealkylation sites (N-methyl/N-ethyl adjacent to an activating group) is 1. The van der Waals surface area contributed by atoms with Crippen LogP contribution >= 0.6 is 0 Å². The van der Waals surface area contributed by atoms with Crippen molar-refractivity contribution in [3.05, 3.63) is 29.8 Å². The van der Waals surface area contributed by atoms with Crippen molar-refractivity contribution in [2.24, 2.45) is 0 Å². The highest BCUT2D eigenvalue weighted by atomic mass is 32.2. The number of rotatable bonds is 5. The lowest BCUT2D eigenvalue weighted by atomic mass is 10.2. The minimum Gasteiger partial charge on any atom is -0.480 e. The van der Waals surface area contributed by atoms with Gasteiger partial charge >= 0.3 is 22.4 Å². The number of alkyl halides is 3. The van der Waals surface area contributed by atoms with Gasteiger partial charge in [-0.05, 0) is 12.1 Å². The van der Waals surface area contributed by atoms with Crippen LogP contribution in [0.25, 0.3) is 0 Å². The van der Waals surface area contributed by atoms with E-state index in [1.165, 1.54) is 6.07 Å². The molecule has 0 radical (unpaired) electrons. The van der Waals surface area contributed by atoms with E-state index in [4.69, 9.17) is 5.11 Å². The topological polar surface area (TPSA) is 86.7 Å². The number of para-hydroxylation sites is 1. The highest BCUT2D eigenvalue weighted by molar-refractivity contribution is 7.90. The lowest BCUT2D eigenvalue weighted by Crippen LogP contribution is -2.36. The van der Waals surface area contributed by atoms with Gasteiger partial charge in [-0.2, -0.15) is 25.9 Å². The summed E-state index contributed by atoms with van der Waals surface area (Å²) in [5, 5.41) is 8.48. The minimum atomic E-state index is -4.73. The number of anilines is 1. The number of hydrogen-bond acceptors (Lipinski definition) is 3. The Morgan fingerprint density at radius 1 is 1.35 bits per heavy atom. The molecule has 0 unspecified atom stereocenters. The Labute approximate surface area is 113 Å². The molecule has 0 bridgehead atoms. The van der Waals surface area contributed by atoms with E-state index in [2.05, 4.69) is 0 Å². The first-order chi connectivity index (χ1) is 9.04. The zero-order chi connectivity index (χ0) is 15.6. The maximum atomic E-state index is 12.7. The van der Waals surface area contributed by atoms with Gasteiger partial charge in [-0.15, -0.1) is 0 Å². The molecule has 1 aromatic carbocycles. The number of halogens is 3. The summed E-state index contributed by atoms with van der Waals surface area (Å²) in [6.45, 7) is -0.872. The molecule has 112 valence electrons. The van der Waals surface area contributed by atoms with Gasteiger partial charge in [-0.1, -0.05) is 12.1 Å². The molecular formula is C10H11F3N2O4S. The zero-order valence-electron chi connectivity index (χ0n) is 10.2. The SMILES string of the molecule is CN(CC(=O)O)S(=O)(=O)Nc1ccccc1C(F)(F)F. The van der Waals surface area contributed by atoms with Gasteiger partial charge < -0.3 is 5.11 Å². The van der Waals surface area contributed by atoms with Crippen molar-refractivity contribution in [1.29, 1.82) is 0 Å². The molecule has 0 saturated heterocycles. The third-order valence-corrected chi connectivity index (χ3v) is 3.67. The van der Waals surface area contributed by atoms with E-state index in [1.54, 1.807) is 4.72 Å². The smallest absolute Gasteiger partial charge is 0.418 e. The first-order valence-electron chi connectivity index (χ1n) is 5.16. The van der Waals surface area contributed by atoms with Gasteiger partial charge in [0.05, 0.1) is 11.3 Å². The second kappa shape index (κ2) is 5.67. The van der Waals surface area contributed by atoms with Gasteiger partial charge in [0.1, 0.15) is 6.54 Å². The summed E-state index contributed by atoms with van der Waals surface area (Å²) in [7, 11) is -3.45. The van der Waals surface area contributed by atoms with Crippen LogP contribution in [0.15, 0.2) is 24.3 Å². The fourth-order valence-electron chi connectivity index (χ4n) is 1.31. The Hall–Kier alpha value is -1.81. The first-order valence-corrected chi connectivity index (χ1v) is 6.60. The standard InChI is InChI=1S/C10H11F3N2O4S/c1-15(6-9(16)17)20(18,19)14-8-5-3-2-4-7(8)10(11,12)13/h2-5,14H,6H2,1H3,(H,16,17). The Kier molecular flexibility index (Phi) is 4.61. The molecule has 20 heavy (non-hydrogen) atoms. The van der Waals surface area contributed by atoms with E-state index in [9.17, 15) is 26.4 Å². The summed E-state index contributed by atoms with van der Waals surface area (Å²) >= 11 is 0. The lowest BCUT2D eigenvalue weighted by Gasteiger charge is -2.19. The Morgan fingerprint density at radius 3 is 2.40 bits per heavy atom. The van der Waals surface area contributed by atoms with Crippen molar-refractivity contribution < 1.29 is 31.5 Å². The molecule has 0 aliphatic rings. The number of carboxylic acid groups (broad SMARTS) is 1. The number of carbonyl (C=O) groups is 1. The van der Waals surface area contributed by atoms with Crippen LogP contribution in [-0.4, -0.2) is 37.4 Å². The molecule has 0 aliphatic carbocycles. The van der Waals surface area contributed by atoms with Crippen molar-refractivity contribution in [3.8, 4) is 0 Å². The average Bonchev–Trinajstić information content (AvgIpc) is 2.26. The summed E-state index contributed by atoms with van der Waals surface area (Å²) in [6, 6.07) is 4.00. The van der Waals surface area contributed by atoms with Gasteiger partial charge in [-0.3, -0.25) is 9.52 Å². The molecule has 1 aromatic rings. The van der Waals surface area contributed by atoms with Gasteiger partial charge in [0.25, 0.3) is 0 Å². The highest BCUT2D eigenvalue weighted by Gasteiger charge is 2.34. The molecule has 2 N–H and O–H groups in total. The van der Waals surface area contributed by atoms with Crippen LogP contribution in [0.4, 0.5) is 18.9 Å². The number of nitrogens with zero attached hydrogens (tertiary/aromatic N) is 1. The molecule has 0 amide bonds. The number of hydrogen-bond donors (Lipinski definition) is 2. The van der Waals surface area contributed by atoms with Crippen LogP contribution in [0.2, 0.25) is 0 Å². The molecule has 1 rings (SSSR count). The summed E-state index contributed by atoms with van der Waals surface area (Å²) in [4.78, 5) is 10.4. The van der Waals surface area contributed by atoms with E-state index >= 15 is 0 Å². The van der Waals surface area contributed by atoms with E-state index in [0.717, 1.165) is 25.2 Å². The molecule has 6 nitrogen and oxygen atoms in total. The molecule has 0 heterocycles. The average molecular weight is 312 g/mol. The number of nitrogens with one attached hydrogen (secondary N) is 1. The van der Waals surface area contributed by atoms with Crippen LogP contribution < -0.4 is 4.72 Å². The summed E-state index contributed by atoms with van der Waals surface area (Å²) < 4.78 is 63.6. The molecule has 0 saturated carbocycles. The monoisotopic (exact) mass is 312 g/mol. The number of benzene rings is 1. The van der Waals surface area contributed by atoms with Gasteiger partial charge in [0, 0.05) is 7.05 Å². The quantitative estimate of drug-likeness (QED) is 0.860. The third-order valence-electron chi connectivity index (χ3n) is 2.24. The maximum Gasteiger partial charge on any atom is 0.418 e. The van der Waals surface area contributed by atoms with Crippen molar-refractivity contribution in [2.75, 3.05) is 18.3 Å². The maximum absolute atomic E-state index is 12.7. The Balaban J connectivity index is 3.08. The zero-order valence-corrected chi connectivity index (χ0v) is 11.0. The van der Waals surface area contributed by atoms with E-state index < -0.39 is 40.2 Å². The van der Waals surface area contributed by atoms with Crippen LogP contribution in [0.3, 0.4) is 0 Å². The fraction of sp³-hybridized carbons (Fsp3) is 0.300. The highest BCUT2D eigenvalue weighted by Crippen LogP contribution is 2.35. The normalized spacial score (nSPS) is 12.4. The van der Waals surface area contributed by atoms with Crippen LogP contribution in [0.5, 0.6) is 0 Å². The fourth-order valence-corrected chi connectivity index (χ4v) is 2.20. The third kappa shape index (κ3) is 4.10. The molecule has 0 atom stereocenters. The molecule has 0 fully saturated rings. The van der Waals surface area contributed by atoms with Crippen molar-refractivity contribution in [2.45, 2.75) is 6.18 Å². The Morgan fingerprint density at radius 2 is 1.90 bits per heavy atom. The van der Waals surface area contributed by atoms with Crippen molar-refractivity contribution >= 4 is 21.9 Å². The number of carboxylic acids is 1. The summed E-state index contributed by atoms with van der Waals surface area (Å²) in [5.41, 5.74) is -1.83. The summed E-state index contributed by atoms with van der Waals surface area (Å²) in [5.74, 6) is -1.43. The van der Waals surface area contributed by atoms with Crippen LogP contribution in [-0.2, 0) is 21.2 Å². The van der Waals surface area contributed by atoms with E-state index in [1.807, 2.05) is 0 Å². The predicted octanol–water partition coefficient (Wildman–Crippen LogP) is 1.38. The second-order valence-corrected chi connectivity index (χ2v) is 5.58. The van der Waals surface area contributed by atoms with Crippen LogP contribution in [0.1, 0.15) is 5.56 Å². The summed E-state index contributed by atoms with van der Waals surface area (Å²) in [6.07, 6.45) is -4.73. The van der Waals surface area contributed by atoms with Gasteiger partial charge in [0.2, 0.25) is 0 Å². The predicted molar refractivity (Wildman–Crippen MR) is 64.3 cm³/mol. The molecule has 10 heteroatoms. The second-order valence-electron chi connectivity index (χ2n) is 3.80. The van der Waals surface area contributed by atoms with Crippen molar-refractivity contribution in [1.82, 2.24) is 4.31 Å². The number of aliphatic carboxylic acids is 1. The van der Waals surface area contributed by atoms with Crippen molar-refractivity contribution in [3.63, 3.8) is 0 Å². The first kappa shape index (κ1) is 16.2. The largest absolute Gasteiger partial charge is 0.480 e. The lowest BCUT2D eigenvalue weighted by molar-refractivity contribution is -0.138. The molecule has 0 aromatic heterocycles. The van der Waals surface area contributed by atoms with E-state index in [0.29, 0.717) is 4.31 Å². The van der Waals surface area contributed by atoms with E-state index in [-0.39, 0.29) is 0 Å². The molecule has 0 spiro atoms. The Bertz CT molecular complexity index is 601. The molecule has 0 aliphatic heterocycles. The minimum absolute atomic E-state index is 0.391. The molecular weight excluding hydrogens is 301 g/mol.